The monoisotopic (exact) mass is 207 g/mol. The number of aliphatic imine (C=N–C) groups is 1. The molecule has 0 amide bonds. The molecule has 0 bridgehead atoms. The van der Waals surface area contributed by atoms with E-state index in [0.29, 0.717) is 0 Å². The van der Waals surface area contributed by atoms with Crippen LogP contribution < -0.4 is 5.73 Å². The van der Waals surface area contributed by atoms with E-state index in [4.69, 9.17) is 5.73 Å². The second-order valence-corrected chi connectivity index (χ2v) is 5.39. The molecule has 3 fully saturated rings. The first kappa shape index (κ1) is 9.49. The zero-order valence-electron chi connectivity index (χ0n) is 9.36. The lowest BCUT2D eigenvalue weighted by molar-refractivity contribution is 0.266. The molecule has 2 N–H and O–H groups in total. The molecule has 84 valence electrons. The highest BCUT2D eigenvalue weighted by molar-refractivity contribution is 5.78. The average molecular weight is 207 g/mol. The van der Waals surface area contributed by atoms with Gasteiger partial charge in [0.1, 0.15) is 0 Å². The number of hydrogen-bond donors (Lipinski definition) is 1. The average Bonchev–Trinajstić information content (AvgIpc) is 2.74. The third-order valence-electron chi connectivity index (χ3n) is 4.40. The van der Waals surface area contributed by atoms with Crippen molar-refractivity contribution in [3.8, 4) is 0 Å². The van der Waals surface area contributed by atoms with E-state index in [0.717, 1.165) is 43.3 Å². The summed E-state index contributed by atoms with van der Waals surface area (Å²) in [6.45, 7) is 3.22. The van der Waals surface area contributed by atoms with Gasteiger partial charge < -0.3 is 10.6 Å². The summed E-state index contributed by atoms with van der Waals surface area (Å²) in [4.78, 5) is 6.70. The van der Waals surface area contributed by atoms with Gasteiger partial charge in [-0.2, -0.15) is 0 Å². The predicted octanol–water partition coefficient (Wildman–Crippen LogP) is 1.44. The Morgan fingerprint density at radius 3 is 2.60 bits per heavy atom. The van der Waals surface area contributed by atoms with E-state index < -0.39 is 0 Å². The van der Waals surface area contributed by atoms with E-state index in [-0.39, 0.29) is 0 Å². The highest BCUT2D eigenvalue weighted by atomic mass is 15.3. The molecule has 0 unspecified atom stereocenters. The molecule has 1 aliphatic heterocycles. The Labute approximate surface area is 91.7 Å². The third-order valence-corrected chi connectivity index (χ3v) is 4.40. The molecule has 2 aliphatic carbocycles. The maximum atomic E-state index is 5.90. The Kier molecular flexibility index (Phi) is 2.33. The van der Waals surface area contributed by atoms with Crippen LogP contribution in [0.25, 0.3) is 0 Å². The van der Waals surface area contributed by atoms with Crippen LogP contribution in [-0.4, -0.2) is 30.5 Å². The lowest BCUT2D eigenvalue weighted by Gasteiger charge is -2.31. The molecule has 1 saturated heterocycles. The summed E-state index contributed by atoms with van der Waals surface area (Å²) >= 11 is 0. The van der Waals surface area contributed by atoms with Gasteiger partial charge in [0.25, 0.3) is 0 Å². The van der Waals surface area contributed by atoms with Gasteiger partial charge in [-0.05, 0) is 30.6 Å². The quantitative estimate of drug-likeness (QED) is 0.562. The molecule has 15 heavy (non-hydrogen) atoms. The fourth-order valence-corrected chi connectivity index (χ4v) is 2.78. The van der Waals surface area contributed by atoms with E-state index in [9.17, 15) is 0 Å². The van der Waals surface area contributed by atoms with E-state index in [2.05, 4.69) is 9.89 Å². The van der Waals surface area contributed by atoms with Crippen molar-refractivity contribution in [2.75, 3.05) is 19.6 Å². The van der Waals surface area contributed by atoms with Crippen LogP contribution in [0.3, 0.4) is 0 Å². The van der Waals surface area contributed by atoms with Crippen LogP contribution in [0.4, 0.5) is 0 Å². The van der Waals surface area contributed by atoms with Crippen molar-refractivity contribution in [3.63, 3.8) is 0 Å². The molecule has 2 atom stereocenters. The maximum Gasteiger partial charge on any atom is 0.191 e. The van der Waals surface area contributed by atoms with Crippen molar-refractivity contribution >= 4 is 5.96 Å². The van der Waals surface area contributed by atoms with Crippen LogP contribution in [0, 0.1) is 17.8 Å². The predicted molar refractivity (Wildman–Crippen MR) is 61.6 cm³/mol. The summed E-state index contributed by atoms with van der Waals surface area (Å²) < 4.78 is 0. The third kappa shape index (κ3) is 1.84. The molecule has 0 aromatic carbocycles. The largest absolute Gasteiger partial charge is 0.370 e. The Balaban J connectivity index is 1.42. The summed E-state index contributed by atoms with van der Waals surface area (Å²) in [5, 5.41) is 0. The molecular formula is C12H21N3. The molecule has 3 aliphatic rings. The lowest BCUT2D eigenvalue weighted by Crippen LogP contribution is -2.46. The lowest BCUT2D eigenvalue weighted by atomic mass is 9.81. The van der Waals surface area contributed by atoms with Gasteiger partial charge in [0.2, 0.25) is 0 Å². The first-order valence-electron chi connectivity index (χ1n) is 6.39. The maximum absolute atomic E-state index is 5.90. The first-order valence-corrected chi connectivity index (χ1v) is 6.39. The van der Waals surface area contributed by atoms with Gasteiger partial charge in [-0.3, -0.25) is 4.99 Å². The van der Waals surface area contributed by atoms with Gasteiger partial charge in [0.15, 0.2) is 5.96 Å². The summed E-state index contributed by atoms with van der Waals surface area (Å²) in [6, 6.07) is 0. The van der Waals surface area contributed by atoms with Crippen LogP contribution in [0.5, 0.6) is 0 Å². The number of rotatable bonds is 3. The smallest absolute Gasteiger partial charge is 0.191 e. The summed E-state index contributed by atoms with van der Waals surface area (Å²) in [5.74, 6) is 3.72. The van der Waals surface area contributed by atoms with E-state index in [1.807, 2.05) is 0 Å². The van der Waals surface area contributed by atoms with Crippen molar-refractivity contribution < 1.29 is 0 Å². The number of likely N-dealkylation sites (tertiary alicyclic amines) is 1. The standard InChI is InChI=1S/C12H21N3/c13-12(15-5-2-6-15)14-8-10-7-11(10)9-3-1-4-9/h9-11H,1-8H2,(H2,13,14)/t10-,11-/m0/s1. The number of nitrogens with two attached hydrogens (primary N) is 1. The molecule has 0 radical (unpaired) electrons. The molecule has 2 saturated carbocycles. The molecule has 0 aromatic heterocycles. The van der Waals surface area contributed by atoms with Gasteiger partial charge in [-0.25, -0.2) is 0 Å². The molecular weight excluding hydrogens is 186 g/mol. The van der Waals surface area contributed by atoms with Crippen LogP contribution >= 0.6 is 0 Å². The Hall–Kier alpha value is -0.730. The molecule has 1 heterocycles. The van der Waals surface area contributed by atoms with Gasteiger partial charge >= 0.3 is 0 Å². The zero-order valence-corrected chi connectivity index (χ0v) is 9.36. The summed E-state index contributed by atoms with van der Waals surface area (Å²) in [7, 11) is 0. The fourth-order valence-electron chi connectivity index (χ4n) is 2.78. The van der Waals surface area contributed by atoms with Gasteiger partial charge in [-0.15, -0.1) is 0 Å². The first-order chi connectivity index (χ1) is 7.34. The minimum absolute atomic E-state index is 0.792. The number of guanidine groups is 1. The van der Waals surface area contributed by atoms with Crippen LogP contribution in [0.15, 0.2) is 4.99 Å². The minimum Gasteiger partial charge on any atom is -0.370 e. The molecule has 3 heteroatoms. The van der Waals surface area contributed by atoms with E-state index >= 15 is 0 Å². The normalized spacial score (nSPS) is 36.0. The van der Waals surface area contributed by atoms with Crippen molar-refractivity contribution in [2.24, 2.45) is 28.5 Å². The molecule has 3 nitrogen and oxygen atoms in total. The van der Waals surface area contributed by atoms with Crippen molar-refractivity contribution in [2.45, 2.75) is 32.1 Å². The second-order valence-electron chi connectivity index (χ2n) is 5.39. The summed E-state index contributed by atoms with van der Waals surface area (Å²) in [5.41, 5.74) is 5.90. The van der Waals surface area contributed by atoms with Gasteiger partial charge in [0.05, 0.1) is 0 Å². The second kappa shape index (κ2) is 3.69. The van der Waals surface area contributed by atoms with Crippen molar-refractivity contribution in [3.05, 3.63) is 0 Å². The fraction of sp³-hybridized carbons (Fsp3) is 0.917. The molecule has 0 aromatic rings. The number of hydrogen-bond acceptors (Lipinski definition) is 1. The highest BCUT2D eigenvalue weighted by Crippen LogP contribution is 2.51. The number of nitrogens with zero attached hydrogens (tertiary/aromatic N) is 2. The van der Waals surface area contributed by atoms with Crippen LogP contribution in [0.1, 0.15) is 32.1 Å². The van der Waals surface area contributed by atoms with E-state index in [1.165, 1.54) is 32.1 Å². The highest BCUT2D eigenvalue weighted by Gasteiger charge is 2.44. The van der Waals surface area contributed by atoms with Crippen LogP contribution in [0.2, 0.25) is 0 Å². The Bertz CT molecular complexity index is 266. The zero-order chi connectivity index (χ0) is 10.3. The van der Waals surface area contributed by atoms with Crippen molar-refractivity contribution in [1.29, 1.82) is 0 Å². The minimum atomic E-state index is 0.792. The van der Waals surface area contributed by atoms with Gasteiger partial charge in [0, 0.05) is 19.6 Å². The summed E-state index contributed by atoms with van der Waals surface area (Å²) in [6.07, 6.45) is 7.12. The molecule has 3 rings (SSSR count). The Morgan fingerprint density at radius 2 is 2.07 bits per heavy atom. The SMILES string of the molecule is NC(=NC[C@@H]1C[C@H]1C1CCC1)N1CCC1. The molecule has 0 spiro atoms. The van der Waals surface area contributed by atoms with E-state index in [1.54, 1.807) is 0 Å². The van der Waals surface area contributed by atoms with Gasteiger partial charge in [-0.1, -0.05) is 19.3 Å². The topological polar surface area (TPSA) is 41.6 Å². The van der Waals surface area contributed by atoms with Crippen molar-refractivity contribution in [1.82, 2.24) is 4.90 Å². The van der Waals surface area contributed by atoms with Crippen LogP contribution in [-0.2, 0) is 0 Å². The Morgan fingerprint density at radius 1 is 1.27 bits per heavy atom.